The van der Waals surface area contributed by atoms with Gasteiger partial charge in [0, 0.05) is 30.3 Å². The topological polar surface area (TPSA) is 46.9 Å². The van der Waals surface area contributed by atoms with Gasteiger partial charge in [-0.1, -0.05) is 41.9 Å². The third-order valence-corrected chi connectivity index (χ3v) is 4.43. The van der Waals surface area contributed by atoms with Crippen molar-refractivity contribution in [2.24, 2.45) is 7.05 Å². The summed E-state index contributed by atoms with van der Waals surface area (Å²) in [6.45, 7) is 1.76. The van der Waals surface area contributed by atoms with Crippen LogP contribution in [-0.2, 0) is 11.8 Å². The van der Waals surface area contributed by atoms with E-state index in [9.17, 15) is 13.6 Å². The highest BCUT2D eigenvalue weighted by Crippen LogP contribution is 2.31. The molecule has 2 aromatic carbocycles. The highest BCUT2D eigenvalue weighted by atomic mass is 35.5. The number of nitrogens with one attached hydrogen (secondary N) is 1. The molecule has 0 unspecified atom stereocenters. The number of aromatic nitrogens is 2. The van der Waals surface area contributed by atoms with Crippen molar-refractivity contribution in [3.05, 3.63) is 76.6 Å². The monoisotopic (exact) mass is 387 g/mol. The van der Waals surface area contributed by atoms with Gasteiger partial charge in [-0.05, 0) is 24.6 Å². The lowest BCUT2D eigenvalue weighted by Crippen LogP contribution is -2.11. The van der Waals surface area contributed by atoms with Crippen LogP contribution in [0.1, 0.15) is 11.3 Å². The van der Waals surface area contributed by atoms with Crippen LogP contribution in [0.2, 0.25) is 5.15 Å². The van der Waals surface area contributed by atoms with Crippen LogP contribution in [0, 0.1) is 18.6 Å². The van der Waals surface area contributed by atoms with Gasteiger partial charge in [-0.15, -0.1) is 0 Å². The van der Waals surface area contributed by atoms with Crippen LogP contribution < -0.4 is 5.32 Å². The van der Waals surface area contributed by atoms with E-state index in [0.29, 0.717) is 22.0 Å². The van der Waals surface area contributed by atoms with E-state index in [0.717, 1.165) is 6.07 Å². The Labute approximate surface area is 160 Å². The lowest BCUT2D eigenvalue weighted by atomic mass is 10.0. The molecule has 0 atom stereocenters. The van der Waals surface area contributed by atoms with Crippen LogP contribution in [-0.4, -0.2) is 15.7 Å². The molecule has 0 aliphatic heterocycles. The molecule has 3 aromatic rings. The zero-order valence-electron chi connectivity index (χ0n) is 14.6. The zero-order valence-corrected chi connectivity index (χ0v) is 15.4. The summed E-state index contributed by atoms with van der Waals surface area (Å²) >= 11 is 6.12. The molecule has 0 radical (unpaired) electrons. The Morgan fingerprint density at radius 1 is 1.22 bits per heavy atom. The minimum atomic E-state index is -0.855. The molecule has 1 N–H and O–H groups in total. The van der Waals surface area contributed by atoms with Crippen LogP contribution in [0.4, 0.5) is 14.5 Å². The Balaban J connectivity index is 1.91. The normalized spacial score (nSPS) is 11.1. The maximum absolute atomic E-state index is 14.3. The summed E-state index contributed by atoms with van der Waals surface area (Å²) in [6.07, 6.45) is 2.73. The van der Waals surface area contributed by atoms with Gasteiger partial charge in [0.25, 0.3) is 0 Å². The van der Waals surface area contributed by atoms with Crippen molar-refractivity contribution < 1.29 is 13.6 Å². The lowest BCUT2D eigenvalue weighted by molar-refractivity contribution is -0.111. The van der Waals surface area contributed by atoms with E-state index < -0.39 is 17.5 Å². The molecule has 0 saturated heterocycles. The molecule has 0 aliphatic carbocycles. The average Bonchev–Trinajstić information content (AvgIpc) is 2.88. The van der Waals surface area contributed by atoms with Crippen LogP contribution in [0.5, 0.6) is 0 Å². The maximum atomic E-state index is 14.3. The second-order valence-corrected chi connectivity index (χ2v) is 6.27. The van der Waals surface area contributed by atoms with Crippen molar-refractivity contribution in [1.29, 1.82) is 0 Å². The second-order valence-electron chi connectivity index (χ2n) is 5.91. The molecule has 4 nitrogen and oxygen atoms in total. The molecule has 0 saturated carbocycles. The van der Waals surface area contributed by atoms with Gasteiger partial charge in [0.05, 0.1) is 11.4 Å². The third kappa shape index (κ3) is 4.06. The van der Waals surface area contributed by atoms with Gasteiger partial charge in [-0.2, -0.15) is 5.10 Å². The number of halogens is 3. The SMILES string of the molecule is Cc1nn(C)c(Cl)c1/C=C/C(=O)Nc1c(F)cc(F)cc1-c1ccccc1. The van der Waals surface area contributed by atoms with Gasteiger partial charge >= 0.3 is 0 Å². The van der Waals surface area contributed by atoms with Crippen molar-refractivity contribution in [1.82, 2.24) is 9.78 Å². The number of hydrogen-bond acceptors (Lipinski definition) is 2. The van der Waals surface area contributed by atoms with Crippen LogP contribution in [0.15, 0.2) is 48.5 Å². The van der Waals surface area contributed by atoms with Gasteiger partial charge in [0.1, 0.15) is 16.8 Å². The largest absolute Gasteiger partial charge is 0.319 e. The molecular formula is C20H16ClF2N3O. The number of nitrogens with zero attached hydrogens (tertiary/aromatic N) is 2. The third-order valence-electron chi connectivity index (χ3n) is 3.99. The summed E-state index contributed by atoms with van der Waals surface area (Å²) in [5.41, 5.74) is 2.00. The number of benzene rings is 2. The number of anilines is 1. The molecule has 0 aliphatic rings. The van der Waals surface area contributed by atoms with Crippen molar-refractivity contribution in [2.75, 3.05) is 5.32 Å². The second kappa shape index (κ2) is 7.72. The minimum absolute atomic E-state index is 0.0914. The van der Waals surface area contributed by atoms with Gasteiger partial charge in [-0.3, -0.25) is 9.48 Å². The average molecular weight is 388 g/mol. The summed E-state index contributed by atoms with van der Waals surface area (Å²) in [6, 6.07) is 10.6. The summed E-state index contributed by atoms with van der Waals surface area (Å²) in [7, 11) is 1.69. The standard InChI is InChI=1S/C20H16ClF2N3O/c1-12-15(20(21)26(2)25-12)8-9-18(27)24-19-16(10-14(22)11-17(19)23)13-6-4-3-5-7-13/h3-11H,1-2H3,(H,24,27)/b9-8+. The number of carbonyl (C=O) groups excluding carboxylic acids is 1. The molecule has 1 amide bonds. The predicted molar refractivity (Wildman–Crippen MR) is 102 cm³/mol. The van der Waals surface area contributed by atoms with E-state index in [1.54, 1.807) is 44.3 Å². The van der Waals surface area contributed by atoms with E-state index in [4.69, 9.17) is 11.6 Å². The maximum Gasteiger partial charge on any atom is 0.248 e. The van der Waals surface area contributed by atoms with Gasteiger partial charge in [0.15, 0.2) is 0 Å². The number of rotatable bonds is 4. The lowest BCUT2D eigenvalue weighted by Gasteiger charge is -2.12. The molecule has 0 bridgehead atoms. The van der Waals surface area contributed by atoms with E-state index in [-0.39, 0.29) is 11.3 Å². The highest BCUT2D eigenvalue weighted by Gasteiger charge is 2.15. The molecular weight excluding hydrogens is 372 g/mol. The van der Waals surface area contributed by atoms with Crippen LogP contribution in [0.25, 0.3) is 17.2 Å². The first kappa shape index (κ1) is 18.8. The first-order chi connectivity index (χ1) is 12.9. The van der Waals surface area contributed by atoms with E-state index >= 15 is 0 Å². The zero-order chi connectivity index (χ0) is 19.6. The van der Waals surface area contributed by atoms with Crippen LogP contribution in [0.3, 0.4) is 0 Å². The number of hydrogen-bond donors (Lipinski definition) is 1. The Bertz CT molecular complexity index is 1030. The number of amides is 1. The molecule has 138 valence electrons. The van der Waals surface area contributed by atoms with Crippen molar-refractivity contribution in [3.8, 4) is 11.1 Å². The number of carbonyl (C=O) groups is 1. The van der Waals surface area contributed by atoms with Crippen molar-refractivity contribution >= 4 is 29.3 Å². The minimum Gasteiger partial charge on any atom is -0.319 e. The molecule has 0 spiro atoms. The van der Waals surface area contributed by atoms with Gasteiger partial charge < -0.3 is 5.32 Å². The molecule has 27 heavy (non-hydrogen) atoms. The Hall–Kier alpha value is -2.99. The van der Waals surface area contributed by atoms with Crippen molar-refractivity contribution in [3.63, 3.8) is 0 Å². The summed E-state index contributed by atoms with van der Waals surface area (Å²) in [4.78, 5) is 12.3. The molecule has 0 fully saturated rings. The predicted octanol–water partition coefficient (Wildman–Crippen LogP) is 4.98. The van der Waals surface area contributed by atoms with Gasteiger partial charge in [0.2, 0.25) is 5.91 Å². The van der Waals surface area contributed by atoms with E-state index in [1.807, 2.05) is 0 Å². The van der Waals surface area contributed by atoms with E-state index in [2.05, 4.69) is 10.4 Å². The fourth-order valence-corrected chi connectivity index (χ4v) is 2.94. The van der Waals surface area contributed by atoms with E-state index in [1.165, 1.54) is 22.9 Å². The summed E-state index contributed by atoms with van der Waals surface area (Å²) in [5.74, 6) is -2.15. The Morgan fingerprint density at radius 2 is 1.93 bits per heavy atom. The fraction of sp³-hybridized carbons (Fsp3) is 0.100. The quantitative estimate of drug-likeness (QED) is 0.642. The fourth-order valence-electron chi connectivity index (χ4n) is 2.71. The first-order valence-corrected chi connectivity index (χ1v) is 8.47. The highest BCUT2D eigenvalue weighted by molar-refractivity contribution is 6.31. The molecule has 1 heterocycles. The Kier molecular flexibility index (Phi) is 5.37. The molecule has 3 rings (SSSR count). The number of aryl methyl sites for hydroxylation is 2. The summed E-state index contributed by atoms with van der Waals surface area (Å²) in [5, 5.41) is 7.02. The van der Waals surface area contributed by atoms with Crippen molar-refractivity contribution in [2.45, 2.75) is 6.92 Å². The van der Waals surface area contributed by atoms with Gasteiger partial charge in [-0.25, -0.2) is 8.78 Å². The smallest absolute Gasteiger partial charge is 0.248 e. The summed E-state index contributed by atoms with van der Waals surface area (Å²) < 4.78 is 29.5. The molecule has 7 heteroatoms. The Morgan fingerprint density at radius 3 is 2.56 bits per heavy atom. The first-order valence-electron chi connectivity index (χ1n) is 8.09. The molecule has 1 aromatic heterocycles. The van der Waals surface area contributed by atoms with Crippen LogP contribution >= 0.6 is 11.6 Å².